The van der Waals surface area contributed by atoms with Crippen LogP contribution < -0.4 is 10.5 Å². The number of nitrogens with zero attached hydrogens (tertiary/aromatic N) is 2. The first-order valence-corrected chi connectivity index (χ1v) is 7.62. The van der Waals surface area contributed by atoms with Gasteiger partial charge in [-0.1, -0.05) is 6.92 Å². The quantitative estimate of drug-likeness (QED) is 0.940. The molecule has 0 aliphatic carbocycles. The standard InChI is InChI=1S/C17H23N3O/c1-11(2)21-14-6-4-13(5-7-14)16-10-20-9-12(3)8-15(18)17(20)19-16/h4-7,10-12,15H,8-9,18H2,1-3H3. The van der Waals surface area contributed by atoms with Crippen molar-refractivity contribution in [1.82, 2.24) is 9.55 Å². The third-order valence-corrected chi connectivity index (χ3v) is 3.83. The maximum atomic E-state index is 6.20. The lowest BCUT2D eigenvalue weighted by molar-refractivity contribution is 0.242. The fourth-order valence-corrected chi connectivity index (χ4v) is 2.94. The predicted molar refractivity (Wildman–Crippen MR) is 84.1 cm³/mol. The van der Waals surface area contributed by atoms with E-state index in [-0.39, 0.29) is 12.1 Å². The Kier molecular flexibility index (Phi) is 3.72. The summed E-state index contributed by atoms with van der Waals surface area (Å²) in [6.45, 7) is 7.30. The summed E-state index contributed by atoms with van der Waals surface area (Å²) in [5, 5.41) is 0. The van der Waals surface area contributed by atoms with E-state index in [0.29, 0.717) is 5.92 Å². The first-order chi connectivity index (χ1) is 10.0. The van der Waals surface area contributed by atoms with Crippen molar-refractivity contribution < 1.29 is 4.74 Å². The molecule has 0 amide bonds. The summed E-state index contributed by atoms with van der Waals surface area (Å²) in [4.78, 5) is 4.72. The van der Waals surface area contributed by atoms with Crippen molar-refractivity contribution in [3.63, 3.8) is 0 Å². The molecule has 1 aromatic carbocycles. The van der Waals surface area contributed by atoms with Crippen molar-refractivity contribution in [3.05, 3.63) is 36.3 Å². The predicted octanol–water partition coefficient (Wildman–Crippen LogP) is 3.38. The van der Waals surface area contributed by atoms with E-state index in [2.05, 4.69) is 29.8 Å². The van der Waals surface area contributed by atoms with Crippen LogP contribution in [0.2, 0.25) is 0 Å². The first kappa shape index (κ1) is 14.1. The van der Waals surface area contributed by atoms with E-state index in [1.54, 1.807) is 0 Å². The van der Waals surface area contributed by atoms with E-state index in [0.717, 1.165) is 35.8 Å². The molecule has 0 bridgehead atoms. The van der Waals surface area contributed by atoms with Gasteiger partial charge in [-0.2, -0.15) is 0 Å². The fourth-order valence-electron chi connectivity index (χ4n) is 2.94. The van der Waals surface area contributed by atoms with Crippen LogP contribution in [0.4, 0.5) is 0 Å². The molecule has 2 N–H and O–H groups in total. The molecule has 2 aromatic rings. The van der Waals surface area contributed by atoms with Gasteiger partial charge in [0.2, 0.25) is 0 Å². The smallest absolute Gasteiger partial charge is 0.126 e. The lowest BCUT2D eigenvalue weighted by Crippen LogP contribution is -2.26. The maximum Gasteiger partial charge on any atom is 0.126 e. The van der Waals surface area contributed by atoms with Gasteiger partial charge in [-0.3, -0.25) is 0 Å². The van der Waals surface area contributed by atoms with Gasteiger partial charge in [-0.15, -0.1) is 0 Å². The lowest BCUT2D eigenvalue weighted by Gasteiger charge is -2.25. The van der Waals surface area contributed by atoms with Crippen LogP contribution in [0.3, 0.4) is 0 Å². The monoisotopic (exact) mass is 285 g/mol. The van der Waals surface area contributed by atoms with E-state index in [1.165, 1.54) is 0 Å². The molecule has 112 valence electrons. The highest BCUT2D eigenvalue weighted by molar-refractivity contribution is 5.60. The molecule has 4 nitrogen and oxygen atoms in total. The number of hydrogen-bond acceptors (Lipinski definition) is 3. The van der Waals surface area contributed by atoms with E-state index < -0.39 is 0 Å². The minimum Gasteiger partial charge on any atom is -0.491 e. The summed E-state index contributed by atoms with van der Waals surface area (Å²) in [5.74, 6) is 2.50. The van der Waals surface area contributed by atoms with Crippen LogP contribution in [0.1, 0.15) is 39.1 Å². The molecule has 21 heavy (non-hydrogen) atoms. The Morgan fingerprint density at radius 1 is 1.29 bits per heavy atom. The minimum atomic E-state index is 0.0473. The molecule has 1 aliphatic heterocycles. The highest BCUT2D eigenvalue weighted by atomic mass is 16.5. The van der Waals surface area contributed by atoms with E-state index in [1.807, 2.05) is 26.0 Å². The molecule has 0 spiro atoms. The van der Waals surface area contributed by atoms with Gasteiger partial charge >= 0.3 is 0 Å². The number of rotatable bonds is 3. The Balaban J connectivity index is 1.86. The molecule has 2 heterocycles. The largest absolute Gasteiger partial charge is 0.491 e. The zero-order chi connectivity index (χ0) is 15.0. The number of hydrogen-bond donors (Lipinski definition) is 1. The summed E-state index contributed by atoms with van der Waals surface area (Å²) in [5.41, 5.74) is 8.30. The van der Waals surface area contributed by atoms with Gasteiger partial charge in [0.15, 0.2) is 0 Å². The Hall–Kier alpha value is -1.81. The molecule has 2 unspecified atom stereocenters. The van der Waals surface area contributed by atoms with Gasteiger partial charge in [-0.05, 0) is 50.5 Å². The summed E-state index contributed by atoms with van der Waals surface area (Å²) in [6.07, 6.45) is 3.32. The van der Waals surface area contributed by atoms with Crippen LogP contribution in [0.5, 0.6) is 5.75 Å². The molecule has 1 aliphatic rings. The maximum absolute atomic E-state index is 6.20. The van der Waals surface area contributed by atoms with Crippen LogP contribution in [0.15, 0.2) is 30.5 Å². The third-order valence-electron chi connectivity index (χ3n) is 3.83. The van der Waals surface area contributed by atoms with Gasteiger partial charge < -0.3 is 15.0 Å². The highest BCUT2D eigenvalue weighted by Gasteiger charge is 2.24. The van der Waals surface area contributed by atoms with Crippen molar-refractivity contribution in [1.29, 1.82) is 0 Å². The van der Waals surface area contributed by atoms with Gasteiger partial charge in [0.1, 0.15) is 11.6 Å². The van der Waals surface area contributed by atoms with E-state index in [9.17, 15) is 0 Å². The fraction of sp³-hybridized carbons (Fsp3) is 0.471. The normalized spacial score (nSPS) is 21.4. The van der Waals surface area contributed by atoms with Crippen LogP contribution >= 0.6 is 0 Å². The van der Waals surface area contributed by atoms with Crippen LogP contribution in [-0.2, 0) is 6.54 Å². The first-order valence-electron chi connectivity index (χ1n) is 7.62. The molecule has 4 heteroatoms. The lowest BCUT2D eigenvalue weighted by atomic mass is 9.98. The SMILES string of the molecule is CC1CC(N)c2nc(-c3ccc(OC(C)C)cc3)cn2C1. The summed E-state index contributed by atoms with van der Waals surface area (Å²) < 4.78 is 7.87. The van der Waals surface area contributed by atoms with Gasteiger partial charge in [-0.25, -0.2) is 4.98 Å². The number of aromatic nitrogens is 2. The Morgan fingerprint density at radius 3 is 2.67 bits per heavy atom. The molecule has 0 radical (unpaired) electrons. The zero-order valence-electron chi connectivity index (χ0n) is 12.9. The van der Waals surface area contributed by atoms with Crippen LogP contribution in [0, 0.1) is 5.92 Å². The molecule has 0 fully saturated rings. The van der Waals surface area contributed by atoms with Crippen molar-refractivity contribution in [3.8, 4) is 17.0 Å². The molecular formula is C17H23N3O. The van der Waals surface area contributed by atoms with Crippen molar-refractivity contribution in [2.45, 2.75) is 45.9 Å². The summed E-state index contributed by atoms with van der Waals surface area (Å²) >= 11 is 0. The minimum absolute atomic E-state index is 0.0473. The molecular weight excluding hydrogens is 262 g/mol. The Bertz CT molecular complexity index is 615. The molecule has 0 saturated heterocycles. The van der Waals surface area contributed by atoms with E-state index in [4.69, 9.17) is 15.5 Å². The second kappa shape index (κ2) is 5.53. The van der Waals surface area contributed by atoms with Crippen molar-refractivity contribution in [2.75, 3.05) is 0 Å². The summed E-state index contributed by atoms with van der Waals surface area (Å²) in [7, 11) is 0. The van der Waals surface area contributed by atoms with Crippen molar-refractivity contribution >= 4 is 0 Å². The number of ether oxygens (including phenoxy) is 1. The molecule has 2 atom stereocenters. The number of fused-ring (bicyclic) bond motifs is 1. The number of imidazole rings is 1. The van der Waals surface area contributed by atoms with Gasteiger partial charge in [0, 0.05) is 18.3 Å². The number of benzene rings is 1. The third kappa shape index (κ3) is 2.95. The second-order valence-corrected chi connectivity index (χ2v) is 6.28. The topological polar surface area (TPSA) is 53.1 Å². The average Bonchev–Trinajstić information content (AvgIpc) is 2.83. The van der Waals surface area contributed by atoms with Gasteiger partial charge in [0.25, 0.3) is 0 Å². The molecule has 1 aromatic heterocycles. The van der Waals surface area contributed by atoms with Crippen LogP contribution in [-0.4, -0.2) is 15.7 Å². The number of nitrogens with two attached hydrogens (primary N) is 1. The van der Waals surface area contributed by atoms with E-state index >= 15 is 0 Å². The van der Waals surface area contributed by atoms with Crippen LogP contribution in [0.25, 0.3) is 11.3 Å². The highest BCUT2D eigenvalue weighted by Crippen LogP contribution is 2.30. The Labute approximate surface area is 125 Å². The molecule has 0 saturated carbocycles. The molecule has 3 rings (SSSR count). The van der Waals surface area contributed by atoms with Gasteiger partial charge in [0.05, 0.1) is 17.8 Å². The Morgan fingerprint density at radius 2 is 2.00 bits per heavy atom. The average molecular weight is 285 g/mol. The zero-order valence-corrected chi connectivity index (χ0v) is 12.9. The van der Waals surface area contributed by atoms with Crippen molar-refractivity contribution in [2.24, 2.45) is 11.7 Å². The summed E-state index contributed by atoms with van der Waals surface area (Å²) in [6, 6.07) is 8.15. The second-order valence-electron chi connectivity index (χ2n) is 6.28.